The summed E-state index contributed by atoms with van der Waals surface area (Å²) in [5.41, 5.74) is -0.386. The van der Waals surface area contributed by atoms with Crippen molar-refractivity contribution < 1.29 is 4.39 Å². The zero-order chi connectivity index (χ0) is 10.1. The van der Waals surface area contributed by atoms with Crippen LogP contribution in [0.1, 0.15) is 19.5 Å². The summed E-state index contributed by atoms with van der Waals surface area (Å²) in [4.78, 5) is 3.79. The summed E-state index contributed by atoms with van der Waals surface area (Å²) in [6, 6.07) is 3.20. The first-order valence-electron chi connectivity index (χ1n) is 3.70. The molecular weight excluding hydrogens is 191 g/mol. The molecular formula is C9H8ClFN2. The lowest BCUT2D eigenvalue weighted by Crippen LogP contribution is -2.16. The molecule has 0 aliphatic heterocycles. The van der Waals surface area contributed by atoms with Crippen LogP contribution >= 0.6 is 11.6 Å². The van der Waals surface area contributed by atoms with Crippen LogP contribution in [0, 0.1) is 17.1 Å². The minimum Gasteiger partial charge on any atom is -0.255 e. The van der Waals surface area contributed by atoms with Gasteiger partial charge < -0.3 is 0 Å². The number of hydrogen-bond acceptors (Lipinski definition) is 2. The van der Waals surface area contributed by atoms with Gasteiger partial charge >= 0.3 is 0 Å². The van der Waals surface area contributed by atoms with E-state index in [2.05, 4.69) is 4.98 Å². The number of nitriles is 1. The molecule has 0 aliphatic carbocycles. The number of hydrogen-bond donors (Lipinski definition) is 0. The smallest absolute Gasteiger partial charge is 0.142 e. The summed E-state index contributed by atoms with van der Waals surface area (Å²) in [5.74, 6) is -0.498. The molecule has 4 heteroatoms. The van der Waals surface area contributed by atoms with E-state index in [4.69, 9.17) is 16.9 Å². The fraction of sp³-hybridized carbons (Fsp3) is 0.333. The monoisotopic (exact) mass is 198 g/mol. The molecule has 0 atom stereocenters. The largest absolute Gasteiger partial charge is 0.255 e. The molecule has 0 saturated heterocycles. The van der Waals surface area contributed by atoms with E-state index in [1.807, 2.05) is 6.07 Å². The van der Waals surface area contributed by atoms with E-state index in [0.29, 0.717) is 5.69 Å². The van der Waals surface area contributed by atoms with Gasteiger partial charge in [0.2, 0.25) is 0 Å². The van der Waals surface area contributed by atoms with Crippen LogP contribution in [0.15, 0.2) is 12.3 Å². The molecule has 1 heterocycles. The molecule has 0 aromatic carbocycles. The number of halogens is 2. The number of pyridine rings is 1. The van der Waals surface area contributed by atoms with E-state index < -0.39 is 11.2 Å². The summed E-state index contributed by atoms with van der Waals surface area (Å²) in [6.45, 7) is 3.36. The first-order chi connectivity index (χ1) is 5.97. The molecule has 0 saturated carbocycles. The topological polar surface area (TPSA) is 36.7 Å². The van der Waals surface area contributed by atoms with Crippen LogP contribution in [-0.2, 0) is 5.41 Å². The Morgan fingerprint density at radius 2 is 2.23 bits per heavy atom. The van der Waals surface area contributed by atoms with Gasteiger partial charge in [0.1, 0.15) is 5.82 Å². The van der Waals surface area contributed by atoms with Gasteiger partial charge in [-0.25, -0.2) is 4.39 Å². The Balaban J connectivity index is 3.26. The van der Waals surface area contributed by atoms with E-state index in [0.717, 1.165) is 12.3 Å². The van der Waals surface area contributed by atoms with Crippen molar-refractivity contribution in [2.24, 2.45) is 0 Å². The first kappa shape index (κ1) is 9.94. The highest BCUT2D eigenvalue weighted by atomic mass is 35.5. The van der Waals surface area contributed by atoms with Gasteiger partial charge in [0.05, 0.1) is 28.4 Å². The summed E-state index contributed by atoms with van der Waals surface area (Å²) >= 11 is 5.74. The Bertz CT molecular complexity index is 368. The van der Waals surface area contributed by atoms with E-state index in [1.165, 1.54) is 0 Å². The van der Waals surface area contributed by atoms with Gasteiger partial charge in [0.15, 0.2) is 0 Å². The second-order valence-electron chi connectivity index (χ2n) is 3.22. The van der Waals surface area contributed by atoms with Gasteiger partial charge in [-0.05, 0) is 19.9 Å². The Kier molecular flexibility index (Phi) is 2.53. The lowest BCUT2D eigenvalue weighted by molar-refractivity contribution is 0.605. The van der Waals surface area contributed by atoms with Gasteiger partial charge in [-0.15, -0.1) is 0 Å². The minimum atomic E-state index is -0.787. The van der Waals surface area contributed by atoms with Crippen LogP contribution in [0.5, 0.6) is 0 Å². The zero-order valence-electron chi connectivity index (χ0n) is 7.31. The normalized spacial score (nSPS) is 11.0. The predicted molar refractivity (Wildman–Crippen MR) is 47.8 cm³/mol. The number of aromatic nitrogens is 1. The maximum absolute atomic E-state index is 12.6. The van der Waals surface area contributed by atoms with Crippen LogP contribution in [0.25, 0.3) is 0 Å². The van der Waals surface area contributed by atoms with Crippen molar-refractivity contribution in [3.05, 3.63) is 28.8 Å². The molecule has 0 N–H and O–H groups in total. The van der Waals surface area contributed by atoms with Crippen LogP contribution < -0.4 is 0 Å². The second-order valence-corrected chi connectivity index (χ2v) is 3.63. The third-order valence-corrected chi connectivity index (χ3v) is 1.97. The fourth-order valence-corrected chi connectivity index (χ4v) is 1.32. The zero-order valence-corrected chi connectivity index (χ0v) is 8.06. The fourth-order valence-electron chi connectivity index (χ4n) is 0.927. The first-order valence-corrected chi connectivity index (χ1v) is 4.08. The molecule has 0 unspecified atom stereocenters. The van der Waals surface area contributed by atoms with Gasteiger partial charge in [-0.1, -0.05) is 11.6 Å². The van der Waals surface area contributed by atoms with Crippen molar-refractivity contribution in [2.75, 3.05) is 0 Å². The molecule has 0 spiro atoms. The van der Waals surface area contributed by atoms with Crippen molar-refractivity contribution in [1.29, 1.82) is 5.26 Å². The maximum atomic E-state index is 12.6. The SMILES string of the molecule is CC(C)(C#N)c1ncc(F)cc1Cl. The highest BCUT2D eigenvalue weighted by molar-refractivity contribution is 6.31. The average molecular weight is 199 g/mol. The van der Waals surface area contributed by atoms with E-state index in [1.54, 1.807) is 13.8 Å². The maximum Gasteiger partial charge on any atom is 0.142 e. The Hall–Kier alpha value is -1.14. The highest BCUT2D eigenvalue weighted by Crippen LogP contribution is 2.27. The summed E-state index contributed by atoms with van der Waals surface area (Å²) in [6.07, 6.45) is 1.06. The van der Waals surface area contributed by atoms with Crippen molar-refractivity contribution in [1.82, 2.24) is 4.98 Å². The summed E-state index contributed by atoms with van der Waals surface area (Å²) in [5, 5.41) is 8.99. The number of rotatable bonds is 1. The summed E-state index contributed by atoms with van der Waals surface area (Å²) < 4.78 is 12.6. The average Bonchev–Trinajstić information content (AvgIpc) is 2.03. The predicted octanol–water partition coefficient (Wildman–Crippen LogP) is 2.68. The molecule has 1 aromatic heterocycles. The molecule has 0 amide bonds. The van der Waals surface area contributed by atoms with E-state index in [-0.39, 0.29) is 5.02 Å². The van der Waals surface area contributed by atoms with Gasteiger partial charge in [0.25, 0.3) is 0 Å². The minimum absolute atomic E-state index is 0.187. The molecule has 13 heavy (non-hydrogen) atoms. The third-order valence-electron chi connectivity index (χ3n) is 1.68. The third kappa shape index (κ3) is 1.96. The number of nitrogens with zero attached hydrogens (tertiary/aromatic N) is 2. The van der Waals surface area contributed by atoms with Crippen molar-refractivity contribution in [2.45, 2.75) is 19.3 Å². The molecule has 0 fully saturated rings. The standard InChI is InChI=1S/C9H8ClFN2/c1-9(2,5-12)8-7(10)3-6(11)4-13-8/h3-4H,1-2H3. The van der Waals surface area contributed by atoms with Crippen LogP contribution in [0.3, 0.4) is 0 Å². The Morgan fingerprint density at radius 3 is 2.69 bits per heavy atom. The quantitative estimate of drug-likeness (QED) is 0.696. The molecule has 0 bridgehead atoms. The van der Waals surface area contributed by atoms with Crippen molar-refractivity contribution in [3.8, 4) is 6.07 Å². The Morgan fingerprint density at radius 1 is 1.62 bits per heavy atom. The lowest BCUT2D eigenvalue weighted by Gasteiger charge is -2.15. The van der Waals surface area contributed by atoms with Crippen molar-refractivity contribution >= 4 is 11.6 Å². The molecule has 1 rings (SSSR count). The van der Waals surface area contributed by atoms with Gasteiger partial charge in [-0.2, -0.15) is 5.26 Å². The van der Waals surface area contributed by atoms with Gasteiger partial charge in [0, 0.05) is 0 Å². The highest BCUT2D eigenvalue weighted by Gasteiger charge is 2.24. The van der Waals surface area contributed by atoms with Gasteiger partial charge in [-0.3, -0.25) is 4.98 Å². The summed E-state index contributed by atoms with van der Waals surface area (Å²) in [7, 11) is 0. The molecule has 68 valence electrons. The molecule has 0 radical (unpaired) electrons. The van der Waals surface area contributed by atoms with E-state index >= 15 is 0 Å². The lowest BCUT2D eigenvalue weighted by atomic mass is 9.91. The van der Waals surface area contributed by atoms with Crippen LogP contribution in [0.2, 0.25) is 5.02 Å². The molecule has 2 nitrogen and oxygen atoms in total. The van der Waals surface area contributed by atoms with E-state index in [9.17, 15) is 4.39 Å². The second kappa shape index (κ2) is 3.31. The van der Waals surface area contributed by atoms with Crippen LogP contribution in [0.4, 0.5) is 4.39 Å². The molecule has 1 aromatic rings. The molecule has 0 aliphatic rings. The van der Waals surface area contributed by atoms with Crippen molar-refractivity contribution in [3.63, 3.8) is 0 Å². The Labute approximate surface area is 81.0 Å². The van der Waals surface area contributed by atoms with Crippen LogP contribution in [-0.4, -0.2) is 4.98 Å².